The van der Waals surface area contributed by atoms with Crippen LogP contribution in [0.1, 0.15) is 124 Å². The fraction of sp³-hybridized carbons (Fsp3) is 0.828. The Morgan fingerprint density at radius 3 is 1.97 bits per heavy atom. The Balaban J connectivity index is 2.40. The second-order valence-electron chi connectivity index (χ2n) is 10.4. The average Bonchev–Trinajstić information content (AvgIpc) is 2.84. The SMILES string of the molecule is C=CC(=O)OC1(C(=O)OCCCCCCCCC)CCC(C(=O)OCCCCCCC(C)C)CC1. The summed E-state index contributed by atoms with van der Waals surface area (Å²) in [6.07, 6.45) is 15.9. The molecule has 0 N–H and O–H groups in total. The van der Waals surface area contributed by atoms with Crippen molar-refractivity contribution in [1.82, 2.24) is 0 Å². The maximum absolute atomic E-state index is 12.9. The largest absolute Gasteiger partial charge is 0.465 e. The fourth-order valence-corrected chi connectivity index (χ4v) is 4.56. The van der Waals surface area contributed by atoms with Gasteiger partial charge in [0, 0.05) is 6.08 Å². The van der Waals surface area contributed by atoms with E-state index in [-0.39, 0.29) is 24.7 Å². The molecule has 6 heteroatoms. The van der Waals surface area contributed by atoms with Crippen molar-refractivity contribution in [3.63, 3.8) is 0 Å². The van der Waals surface area contributed by atoms with Gasteiger partial charge in [-0.15, -0.1) is 0 Å². The van der Waals surface area contributed by atoms with E-state index in [9.17, 15) is 14.4 Å². The lowest BCUT2D eigenvalue weighted by atomic mass is 9.78. The average molecular weight is 495 g/mol. The van der Waals surface area contributed by atoms with Crippen molar-refractivity contribution in [1.29, 1.82) is 0 Å². The summed E-state index contributed by atoms with van der Waals surface area (Å²) < 4.78 is 16.5. The van der Waals surface area contributed by atoms with Crippen molar-refractivity contribution >= 4 is 17.9 Å². The van der Waals surface area contributed by atoms with Gasteiger partial charge in [-0.1, -0.05) is 91.6 Å². The van der Waals surface area contributed by atoms with E-state index in [2.05, 4.69) is 27.4 Å². The Hall–Kier alpha value is -1.85. The van der Waals surface area contributed by atoms with Gasteiger partial charge in [0.1, 0.15) is 0 Å². The predicted octanol–water partition coefficient (Wildman–Crippen LogP) is 7.09. The van der Waals surface area contributed by atoms with Crippen LogP contribution >= 0.6 is 0 Å². The molecule has 0 aromatic carbocycles. The van der Waals surface area contributed by atoms with E-state index in [0.29, 0.717) is 26.1 Å². The van der Waals surface area contributed by atoms with Gasteiger partial charge in [-0.2, -0.15) is 0 Å². The molecule has 0 aromatic rings. The fourth-order valence-electron chi connectivity index (χ4n) is 4.56. The Bertz CT molecular complexity index is 619. The summed E-state index contributed by atoms with van der Waals surface area (Å²) in [5.41, 5.74) is -1.33. The van der Waals surface area contributed by atoms with Gasteiger partial charge in [0.25, 0.3) is 0 Å². The van der Waals surface area contributed by atoms with Crippen molar-refractivity contribution < 1.29 is 28.6 Å². The second kappa shape index (κ2) is 18.4. The molecule has 1 aliphatic carbocycles. The molecule has 0 bridgehead atoms. The number of carbonyl (C=O) groups is 3. The molecule has 0 unspecified atom stereocenters. The predicted molar refractivity (Wildman–Crippen MR) is 139 cm³/mol. The van der Waals surface area contributed by atoms with E-state index in [4.69, 9.17) is 14.2 Å². The Kier molecular flexibility index (Phi) is 16.4. The quantitative estimate of drug-likeness (QED) is 0.0825. The van der Waals surface area contributed by atoms with Crippen LogP contribution in [-0.2, 0) is 28.6 Å². The van der Waals surface area contributed by atoms with Crippen LogP contribution in [0.25, 0.3) is 0 Å². The van der Waals surface area contributed by atoms with E-state index >= 15 is 0 Å². The third-order valence-electron chi connectivity index (χ3n) is 6.86. The van der Waals surface area contributed by atoms with Gasteiger partial charge in [-0.3, -0.25) is 4.79 Å². The lowest BCUT2D eigenvalue weighted by Crippen LogP contribution is -2.48. The van der Waals surface area contributed by atoms with Gasteiger partial charge in [0.15, 0.2) is 0 Å². The summed E-state index contributed by atoms with van der Waals surface area (Å²) >= 11 is 0. The van der Waals surface area contributed by atoms with Gasteiger partial charge >= 0.3 is 17.9 Å². The molecule has 202 valence electrons. The highest BCUT2D eigenvalue weighted by Gasteiger charge is 2.48. The Labute approximate surface area is 213 Å². The van der Waals surface area contributed by atoms with Gasteiger partial charge in [0.2, 0.25) is 5.60 Å². The van der Waals surface area contributed by atoms with Gasteiger partial charge in [0.05, 0.1) is 19.1 Å². The van der Waals surface area contributed by atoms with Crippen LogP contribution in [0.4, 0.5) is 0 Å². The topological polar surface area (TPSA) is 78.9 Å². The lowest BCUT2D eigenvalue weighted by Gasteiger charge is -2.36. The molecule has 1 rings (SSSR count). The van der Waals surface area contributed by atoms with Crippen LogP contribution < -0.4 is 0 Å². The van der Waals surface area contributed by atoms with Crippen molar-refractivity contribution in [3.8, 4) is 0 Å². The highest BCUT2D eigenvalue weighted by molar-refractivity contribution is 5.88. The highest BCUT2D eigenvalue weighted by Crippen LogP contribution is 2.37. The van der Waals surface area contributed by atoms with E-state index in [1.807, 2.05) is 0 Å². The zero-order valence-corrected chi connectivity index (χ0v) is 22.6. The van der Waals surface area contributed by atoms with Gasteiger partial charge in [-0.05, 0) is 44.4 Å². The first-order valence-electron chi connectivity index (χ1n) is 14.0. The minimum atomic E-state index is -1.33. The second-order valence-corrected chi connectivity index (χ2v) is 10.4. The highest BCUT2D eigenvalue weighted by atomic mass is 16.6. The number of unbranched alkanes of at least 4 members (excludes halogenated alkanes) is 9. The number of esters is 3. The molecule has 35 heavy (non-hydrogen) atoms. The van der Waals surface area contributed by atoms with Gasteiger partial charge < -0.3 is 14.2 Å². The number of carbonyl (C=O) groups excluding carboxylic acids is 3. The maximum atomic E-state index is 12.9. The van der Waals surface area contributed by atoms with Crippen molar-refractivity contribution in [2.24, 2.45) is 11.8 Å². The van der Waals surface area contributed by atoms with E-state index in [1.165, 1.54) is 38.5 Å². The molecule has 6 nitrogen and oxygen atoms in total. The third-order valence-corrected chi connectivity index (χ3v) is 6.86. The molecule has 0 spiro atoms. The van der Waals surface area contributed by atoms with Crippen LogP contribution in [0.3, 0.4) is 0 Å². The minimum absolute atomic E-state index is 0.215. The normalized spacial score (nSPS) is 19.8. The first kappa shape index (κ1) is 31.2. The number of ether oxygens (including phenoxy) is 3. The molecular weight excluding hydrogens is 444 g/mol. The molecule has 0 heterocycles. The van der Waals surface area contributed by atoms with Crippen LogP contribution in [0.5, 0.6) is 0 Å². The first-order chi connectivity index (χ1) is 16.8. The van der Waals surface area contributed by atoms with Gasteiger partial charge in [-0.25, -0.2) is 9.59 Å². The first-order valence-corrected chi connectivity index (χ1v) is 14.0. The molecule has 0 aromatic heterocycles. The number of rotatable bonds is 19. The van der Waals surface area contributed by atoms with Crippen molar-refractivity contribution in [3.05, 3.63) is 12.7 Å². The summed E-state index contributed by atoms with van der Waals surface area (Å²) in [5.74, 6) is -0.910. The summed E-state index contributed by atoms with van der Waals surface area (Å²) in [6, 6.07) is 0. The van der Waals surface area contributed by atoms with Crippen LogP contribution in [-0.4, -0.2) is 36.7 Å². The zero-order valence-electron chi connectivity index (χ0n) is 22.6. The Morgan fingerprint density at radius 2 is 1.40 bits per heavy atom. The van der Waals surface area contributed by atoms with E-state index < -0.39 is 17.5 Å². The summed E-state index contributed by atoms with van der Waals surface area (Å²) in [7, 11) is 0. The number of hydrogen-bond donors (Lipinski definition) is 0. The minimum Gasteiger partial charge on any atom is -0.465 e. The van der Waals surface area contributed by atoms with Crippen molar-refractivity contribution in [2.75, 3.05) is 13.2 Å². The standard InChI is InChI=1S/C29H50O6/c1-5-7-8-9-10-12-16-23-34-28(32)29(35-26(30)6-2)20-18-25(19-21-29)27(31)33-22-15-13-11-14-17-24(3)4/h6,24-25H,2,5,7-23H2,1,3-4H3. The third kappa shape index (κ3) is 13.1. The lowest BCUT2D eigenvalue weighted by molar-refractivity contribution is -0.186. The molecule has 1 saturated carbocycles. The van der Waals surface area contributed by atoms with E-state index in [0.717, 1.165) is 50.5 Å². The molecule has 0 amide bonds. The summed E-state index contributed by atoms with van der Waals surface area (Å²) in [5, 5.41) is 0. The van der Waals surface area contributed by atoms with Crippen LogP contribution in [0.15, 0.2) is 12.7 Å². The molecule has 0 aliphatic heterocycles. The maximum Gasteiger partial charge on any atom is 0.350 e. The molecule has 0 saturated heterocycles. The van der Waals surface area contributed by atoms with Crippen molar-refractivity contribution in [2.45, 2.75) is 129 Å². The molecular formula is C29H50O6. The Morgan fingerprint density at radius 1 is 0.857 bits per heavy atom. The van der Waals surface area contributed by atoms with Crippen LogP contribution in [0, 0.1) is 11.8 Å². The number of hydrogen-bond acceptors (Lipinski definition) is 6. The smallest absolute Gasteiger partial charge is 0.350 e. The van der Waals surface area contributed by atoms with Crippen LogP contribution in [0.2, 0.25) is 0 Å². The molecule has 1 aliphatic rings. The van der Waals surface area contributed by atoms with E-state index in [1.54, 1.807) is 0 Å². The molecule has 0 radical (unpaired) electrons. The monoisotopic (exact) mass is 494 g/mol. The molecule has 0 atom stereocenters. The molecule has 1 fully saturated rings. The zero-order chi connectivity index (χ0) is 25.9. The summed E-state index contributed by atoms with van der Waals surface area (Å²) in [4.78, 5) is 37.4. The summed E-state index contributed by atoms with van der Waals surface area (Å²) in [6.45, 7) is 10.9.